The van der Waals surface area contributed by atoms with Crippen molar-refractivity contribution in [3.05, 3.63) is 60.2 Å². The van der Waals surface area contributed by atoms with Gasteiger partial charge in [-0.3, -0.25) is 4.79 Å². The number of aliphatic hydroxyl groups is 1. The smallest absolute Gasteiger partial charge is 0.132 e. The second-order valence-electron chi connectivity index (χ2n) is 5.19. The largest absolute Gasteiger partial charge is 0.388 e. The van der Waals surface area contributed by atoms with Crippen molar-refractivity contribution in [1.29, 1.82) is 0 Å². The van der Waals surface area contributed by atoms with Crippen LogP contribution in [0.25, 0.3) is 21.5 Å². The molecule has 0 heterocycles. The maximum atomic E-state index is 11.2. The minimum atomic E-state index is -0.739. The minimum Gasteiger partial charge on any atom is -0.388 e. The molecule has 3 aromatic rings. The SMILES string of the molecule is CC(=O)C[C@@H](O)c1cccc2cc3ccccc3cc12. The number of aliphatic hydroxyl groups excluding tert-OH is 1. The number of carbonyl (C=O) groups excluding carboxylic acids is 1. The molecule has 1 N–H and O–H groups in total. The van der Waals surface area contributed by atoms with Crippen LogP contribution in [0.5, 0.6) is 0 Å². The molecule has 3 rings (SSSR count). The Bertz CT molecular complexity index is 790. The van der Waals surface area contributed by atoms with Crippen molar-refractivity contribution in [3.63, 3.8) is 0 Å². The first kappa shape index (κ1) is 12.8. The quantitative estimate of drug-likeness (QED) is 0.726. The van der Waals surface area contributed by atoms with Crippen LogP contribution in [-0.4, -0.2) is 10.9 Å². The summed E-state index contributed by atoms with van der Waals surface area (Å²) in [4.78, 5) is 11.2. The Morgan fingerprint density at radius 1 is 1.00 bits per heavy atom. The topological polar surface area (TPSA) is 37.3 Å². The lowest BCUT2D eigenvalue weighted by Crippen LogP contribution is -2.03. The van der Waals surface area contributed by atoms with E-state index in [1.807, 2.05) is 30.3 Å². The summed E-state index contributed by atoms with van der Waals surface area (Å²) in [5, 5.41) is 14.7. The maximum Gasteiger partial charge on any atom is 0.132 e. The monoisotopic (exact) mass is 264 g/mol. The van der Waals surface area contributed by atoms with Gasteiger partial charge in [-0.05, 0) is 46.2 Å². The molecule has 0 saturated heterocycles. The third-order valence-electron chi connectivity index (χ3n) is 3.62. The Hall–Kier alpha value is -2.19. The molecule has 0 aliphatic carbocycles. The number of hydrogen-bond acceptors (Lipinski definition) is 2. The van der Waals surface area contributed by atoms with Crippen LogP contribution < -0.4 is 0 Å². The Morgan fingerprint density at radius 2 is 1.65 bits per heavy atom. The number of hydrogen-bond donors (Lipinski definition) is 1. The van der Waals surface area contributed by atoms with Gasteiger partial charge in [-0.15, -0.1) is 0 Å². The summed E-state index contributed by atoms with van der Waals surface area (Å²) >= 11 is 0. The lowest BCUT2D eigenvalue weighted by molar-refractivity contribution is -0.118. The zero-order chi connectivity index (χ0) is 14.1. The van der Waals surface area contributed by atoms with E-state index in [9.17, 15) is 9.90 Å². The van der Waals surface area contributed by atoms with Crippen LogP contribution in [0.3, 0.4) is 0 Å². The van der Waals surface area contributed by atoms with E-state index in [1.165, 1.54) is 12.3 Å². The molecule has 0 aromatic heterocycles. The maximum absolute atomic E-state index is 11.2. The van der Waals surface area contributed by atoms with Crippen LogP contribution in [0.1, 0.15) is 25.0 Å². The number of fused-ring (bicyclic) bond motifs is 2. The van der Waals surface area contributed by atoms with Gasteiger partial charge in [0, 0.05) is 6.42 Å². The van der Waals surface area contributed by atoms with E-state index in [0.717, 1.165) is 21.7 Å². The molecule has 0 aliphatic heterocycles. The van der Waals surface area contributed by atoms with Crippen molar-refractivity contribution in [2.24, 2.45) is 0 Å². The molecular weight excluding hydrogens is 248 g/mol. The van der Waals surface area contributed by atoms with E-state index in [1.54, 1.807) is 0 Å². The summed E-state index contributed by atoms with van der Waals surface area (Å²) in [5.41, 5.74) is 0.823. The summed E-state index contributed by atoms with van der Waals surface area (Å²) in [6, 6.07) is 18.2. The molecule has 0 unspecified atom stereocenters. The van der Waals surface area contributed by atoms with Gasteiger partial charge in [0.15, 0.2) is 0 Å². The Labute approximate surface area is 117 Å². The molecule has 0 spiro atoms. The fourth-order valence-corrected chi connectivity index (χ4v) is 2.66. The Morgan fingerprint density at radius 3 is 2.35 bits per heavy atom. The van der Waals surface area contributed by atoms with E-state index < -0.39 is 6.10 Å². The van der Waals surface area contributed by atoms with Crippen LogP contribution in [0.2, 0.25) is 0 Å². The predicted molar refractivity (Wildman–Crippen MR) is 81.7 cm³/mol. The fraction of sp³-hybridized carbons (Fsp3) is 0.167. The van der Waals surface area contributed by atoms with Gasteiger partial charge in [-0.2, -0.15) is 0 Å². The highest BCUT2D eigenvalue weighted by molar-refractivity contribution is 5.99. The van der Waals surface area contributed by atoms with Gasteiger partial charge in [0.05, 0.1) is 6.10 Å². The normalized spacial score (nSPS) is 12.7. The van der Waals surface area contributed by atoms with Gasteiger partial charge in [-0.25, -0.2) is 0 Å². The van der Waals surface area contributed by atoms with Crippen molar-refractivity contribution in [1.82, 2.24) is 0 Å². The summed E-state index contributed by atoms with van der Waals surface area (Å²) < 4.78 is 0. The lowest BCUT2D eigenvalue weighted by Gasteiger charge is -2.13. The van der Waals surface area contributed by atoms with Gasteiger partial charge in [-0.1, -0.05) is 42.5 Å². The van der Waals surface area contributed by atoms with Crippen molar-refractivity contribution in [3.8, 4) is 0 Å². The average Bonchev–Trinajstić information content (AvgIpc) is 2.43. The zero-order valence-electron chi connectivity index (χ0n) is 11.3. The van der Waals surface area contributed by atoms with Crippen molar-refractivity contribution >= 4 is 27.3 Å². The Kier molecular flexibility index (Phi) is 3.25. The summed E-state index contributed by atoms with van der Waals surface area (Å²) in [5.74, 6) is -0.00436. The summed E-state index contributed by atoms with van der Waals surface area (Å²) in [6.45, 7) is 1.50. The molecule has 0 aliphatic rings. The molecule has 3 aromatic carbocycles. The van der Waals surface area contributed by atoms with Crippen LogP contribution in [-0.2, 0) is 4.79 Å². The van der Waals surface area contributed by atoms with Gasteiger partial charge in [0.1, 0.15) is 5.78 Å². The average molecular weight is 264 g/mol. The highest BCUT2D eigenvalue weighted by atomic mass is 16.3. The minimum absolute atomic E-state index is 0.00436. The van der Waals surface area contributed by atoms with Crippen molar-refractivity contribution in [2.45, 2.75) is 19.4 Å². The molecule has 2 nitrogen and oxygen atoms in total. The molecule has 0 amide bonds. The van der Waals surface area contributed by atoms with Gasteiger partial charge in [0.2, 0.25) is 0 Å². The second kappa shape index (κ2) is 5.06. The fourth-order valence-electron chi connectivity index (χ4n) is 2.66. The molecule has 1 atom stereocenters. The third kappa shape index (κ3) is 2.30. The standard InChI is InChI=1S/C18H16O2/c1-12(19)9-18(20)16-8-4-7-15-10-13-5-2-3-6-14(13)11-17(15)16/h2-8,10-11,18,20H,9H2,1H3/t18-/m1/s1. The first-order valence-corrected chi connectivity index (χ1v) is 6.74. The van der Waals surface area contributed by atoms with E-state index in [4.69, 9.17) is 0 Å². The number of ketones is 1. The van der Waals surface area contributed by atoms with Gasteiger partial charge in [0.25, 0.3) is 0 Å². The highest BCUT2D eigenvalue weighted by Crippen LogP contribution is 2.30. The van der Waals surface area contributed by atoms with E-state index in [0.29, 0.717) is 0 Å². The van der Waals surface area contributed by atoms with Crippen LogP contribution in [0, 0.1) is 0 Å². The zero-order valence-corrected chi connectivity index (χ0v) is 11.3. The summed E-state index contributed by atoms with van der Waals surface area (Å²) in [7, 11) is 0. The second-order valence-corrected chi connectivity index (χ2v) is 5.19. The number of carbonyl (C=O) groups is 1. The Balaban J connectivity index is 2.22. The van der Waals surface area contributed by atoms with E-state index >= 15 is 0 Å². The molecule has 0 fully saturated rings. The highest BCUT2D eigenvalue weighted by Gasteiger charge is 2.13. The van der Waals surface area contributed by atoms with E-state index in [-0.39, 0.29) is 12.2 Å². The summed E-state index contributed by atoms with van der Waals surface area (Å²) in [6.07, 6.45) is -0.580. The third-order valence-corrected chi connectivity index (χ3v) is 3.62. The first-order chi connectivity index (χ1) is 9.65. The van der Waals surface area contributed by atoms with Crippen molar-refractivity contribution in [2.75, 3.05) is 0 Å². The van der Waals surface area contributed by atoms with Crippen LogP contribution >= 0.6 is 0 Å². The number of benzene rings is 3. The molecule has 0 saturated carbocycles. The molecular formula is C18H16O2. The van der Waals surface area contributed by atoms with Crippen molar-refractivity contribution < 1.29 is 9.90 Å². The number of rotatable bonds is 3. The number of Topliss-reactive ketones (excluding diaryl/α,β-unsaturated/α-hetero) is 1. The molecule has 20 heavy (non-hydrogen) atoms. The van der Waals surface area contributed by atoms with Crippen LogP contribution in [0.4, 0.5) is 0 Å². The molecule has 100 valence electrons. The molecule has 0 bridgehead atoms. The van der Waals surface area contributed by atoms with E-state index in [2.05, 4.69) is 24.3 Å². The van der Waals surface area contributed by atoms with Gasteiger partial charge < -0.3 is 5.11 Å². The molecule has 2 heteroatoms. The lowest BCUT2D eigenvalue weighted by atomic mass is 9.95. The van der Waals surface area contributed by atoms with Gasteiger partial charge >= 0.3 is 0 Å². The first-order valence-electron chi connectivity index (χ1n) is 6.74. The van der Waals surface area contributed by atoms with Crippen LogP contribution in [0.15, 0.2) is 54.6 Å². The predicted octanol–water partition coefficient (Wildman–Crippen LogP) is 4.01. The molecule has 0 radical (unpaired) electrons.